The highest BCUT2D eigenvalue weighted by Crippen LogP contribution is 2.24. The van der Waals surface area contributed by atoms with Gasteiger partial charge in [-0.15, -0.1) is 0 Å². The molecule has 0 aromatic heterocycles. The largest absolute Gasteiger partial charge is 0.507 e. The number of rotatable bonds is 10. The molecule has 1 rings (SSSR count). The number of aromatic hydroxyl groups is 1. The average Bonchev–Trinajstić information content (AvgIpc) is 2.49. The van der Waals surface area contributed by atoms with Crippen LogP contribution in [-0.2, 0) is 0 Å². The molecule has 0 saturated carbocycles. The first-order valence-electron chi connectivity index (χ1n) is 8.20. The van der Waals surface area contributed by atoms with Crippen LogP contribution < -0.4 is 0 Å². The number of aryl methyl sites for hydroxylation is 1. The summed E-state index contributed by atoms with van der Waals surface area (Å²) < 4.78 is 0. The number of nitrogens with zero attached hydrogens (tertiary/aromatic N) is 1. The number of hydrogen-bond donors (Lipinski definition) is 2. The summed E-state index contributed by atoms with van der Waals surface area (Å²) >= 11 is 0. The SMILES string of the molecule is CCCCCCCCCCC(=NO)c1cccc(C)c1O. The van der Waals surface area contributed by atoms with Crippen molar-refractivity contribution in [2.45, 2.75) is 71.6 Å². The molecule has 0 saturated heterocycles. The number of oxime groups is 1. The number of benzene rings is 1. The van der Waals surface area contributed by atoms with Crippen molar-refractivity contribution in [1.82, 2.24) is 0 Å². The zero-order valence-corrected chi connectivity index (χ0v) is 13.4. The molecular weight excluding hydrogens is 262 g/mol. The van der Waals surface area contributed by atoms with Crippen molar-refractivity contribution in [3.05, 3.63) is 29.3 Å². The van der Waals surface area contributed by atoms with Gasteiger partial charge in [-0.05, 0) is 31.4 Å². The lowest BCUT2D eigenvalue weighted by molar-refractivity contribution is 0.317. The van der Waals surface area contributed by atoms with Gasteiger partial charge in [0.2, 0.25) is 0 Å². The third-order valence-electron chi connectivity index (χ3n) is 3.94. The molecule has 0 bridgehead atoms. The van der Waals surface area contributed by atoms with Gasteiger partial charge in [0.05, 0.1) is 5.71 Å². The van der Waals surface area contributed by atoms with Crippen LogP contribution in [-0.4, -0.2) is 16.0 Å². The topological polar surface area (TPSA) is 52.8 Å². The van der Waals surface area contributed by atoms with Gasteiger partial charge in [0.1, 0.15) is 5.75 Å². The van der Waals surface area contributed by atoms with E-state index in [1.165, 1.54) is 38.5 Å². The third-order valence-corrected chi connectivity index (χ3v) is 3.94. The van der Waals surface area contributed by atoms with Crippen LogP contribution in [0.4, 0.5) is 0 Å². The summed E-state index contributed by atoms with van der Waals surface area (Å²) in [5.74, 6) is 0.227. The molecule has 0 radical (unpaired) electrons. The van der Waals surface area contributed by atoms with Crippen molar-refractivity contribution in [2.24, 2.45) is 5.16 Å². The van der Waals surface area contributed by atoms with E-state index < -0.39 is 0 Å². The Labute approximate surface area is 128 Å². The minimum absolute atomic E-state index is 0.227. The van der Waals surface area contributed by atoms with Crippen molar-refractivity contribution >= 4 is 5.71 Å². The second-order valence-electron chi connectivity index (χ2n) is 5.74. The molecule has 0 aliphatic carbocycles. The average molecular weight is 291 g/mol. The van der Waals surface area contributed by atoms with Crippen molar-refractivity contribution in [2.75, 3.05) is 0 Å². The Morgan fingerprint density at radius 3 is 2.24 bits per heavy atom. The molecule has 0 fully saturated rings. The molecule has 0 aliphatic heterocycles. The van der Waals surface area contributed by atoms with E-state index in [0.29, 0.717) is 17.7 Å². The maximum atomic E-state index is 10.0. The molecule has 0 aliphatic rings. The third kappa shape index (κ3) is 6.19. The van der Waals surface area contributed by atoms with Crippen LogP contribution in [0.15, 0.2) is 23.4 Å². The standard InChI is InChI=1S/C18H29NO2/c1-3-4-5-6-7-8-9-10-14-17(19-21)16-13-11-12-15(2)18(16)20/h11-13,20-21H,3-10,14H2,1-2H3. The van der Waals surface area contributed by atoms with Crippen molar-refractivity contribution in [3.63, 3.8) is 0 Å². The van der Waals surface area contributed by atoms with Crippen LogP contribution in [0.1, 0.15) is 75.8 Å². The summed E-state index contributed by atoms with van der Waals surface area (Å²) in [4.78, 5) is 0. The molecule has 0 heterocycles. The maximum Gasteiger partial charge on any atom is 0.127 e. The predicted molar refractivity (Wildman–Crippen MR) is 88.4 cm³/mol. The summed E-state index contributed by atoms with van der Waals surface area (Å²) in [5.41, 5.74) is 2.05. The van der Waals surface area contributed by atoms with Crippen LogP contribution in [0.3, 0.4) is 0 Å². The van der Waals surface area contributed by atoms with Gasteiger partial charge in [0, 0.05) is 5.56 Å². The molecule has 118 valence electrons. The maximum absolute atomic E-state index is 10.0. The van der Waals surface area contributed by atoms with Gasteiger partial charge in [0.15, 0.2) is 0 Å². The minimum Gasteiger partial charge on any atom is -0.507 e. The van der Waals surface area contributed by atoms with E-state index in [9.17, 15) is 10.3 Å². The first-order chi connectivity index (χ1) is 10.2. The number of para-hydroxylation sites is 1. The van der Waals surface area contributed by atoms with Crippen LogP contribution in [0, 0.1) is 6.92 Å². The lowest BCUT2D eigenvalue weighted by atomic mass is 10.00. The van der Waals surface area contributed by atoms with E-state index in [0.717, 1.165) is 18.4 Å². The molecule has 2 N–H and O–H groups in total. The molecule has 0 unspecified atom stereocenters. The number of phenols is 1. The summed E-state index contributed by atoms with van der Waals surface area (Å²) in [7, 11) is 0. The highest BCUT2D eigenvalue weighted by atomic mass is 16.4. The van der Waals surface area contributed by atoms with Crippen LogP contribution in [0.5, 0.6) is 5.75 Å². The van der Waals surface area contributed by atoms with E-state index in [1.807, 2.05) is 25.1 Å². The summed E-state index contributed by atoms with van der Waals surface area (Å²) in [6.07, 6.45) is 10.7. The quantitative estimate of drug-likeness (QED) is 0.262. The lowest BCUT2D eigenvalue weighted by Crippen LogP contribution is -2.02. The van der Waals surface area contributed by atoms with Crippen molar-refractivity contribution < 1.29 is 10.3 Å². The highest BCUT2D eigenvalue weighted by molar-refractivity contribution is 6.02. The van der Waals surface area contributed by atoms with Crippen LogP contribution in [0.25, 0.3) is 0 Å². The fourth-order valence-corrected chi connectivity index (χ4v) is 2.56. The molecule has 21 heavy (non-hydrogen) atoms. The molecule has 3 nitrogen and oxygen atoms in total. The molecule has 0 amide bonds. The van der Waals surface area contributed by atoms with Crippen LogP contribution in [0.2, 0.25) is 0 Å². The van der Waals surface area contributed by atoms with Gasteiger partial charge in [-0.1, -0.05) is 69.2 Å². The van der Waals surface area contributed by atoms with Gasteiger partial charge in [-0.3, -0.25) is 0 Å². The molecular formula is C18H29NO2. The van der Waals surface area contributed by atoms with E-state index in [4.69, 9.17) is 0 Å². The minimum atomic E-state index is 0.227. The van der Waals surface area contributed by atoms with Gasteiger partial charge >= 0.3 is 0 Å². The molecule has 3 heteroatoms. The fourth-order valence-electron chi connectivity index (χ4n) is 2.56. The Morgan fingerprint density at radius 1 is 1.00 bits per heavy atom. The van der Waals surface area contributed by atoms with E-state index in [-0.39, 0.29) is 5.75 Å². The van der Waals surface area contributed by atoms with Gasteiger partial charge in [-0.2, -0.15) is 0 Å². The highest BCUT2D eigenvalue weighted by Gasteiger charge is 2.11. The monoisotopic (exact) mass is 291 g/mol. The normalized spacial score (nSPS) is 11.8. The smallest absolute Gasteiger partial charge is 0.127 e. The summed E-state index contributed by atoms with van der Waals surface area (Å²) in [6, 6.07) is 5.54. The summed E-state index contributed by atoms with van der Waals surface area (Å²) in [5, 5.41) is 22.6. The Morgan fingerprint density at radius 2 is 1.62 bits per heavy atom. The Kier molecular flexibility index (Phi) is 8.56. The number of hydrogen-bond acceptors (Lipinski definition) is 3. The molecule has 0 atom stereocenters. The second kappa shape index (κ2) is 10.3. The van der Waals surface area contributed by atoms with E-state index in [2.05, 4.69) is 12.1 Å². The Balaban J connectivity index is 2.31. The zero-order chi connectivity index (χ0) is 15.5. The van der Waals surface area contributed by atoms with E-state index >= 15 is 0 Å². The zero-order valence-electron chi connectivity index (χ0n) is 13.4. The lowest BCUT2D eigenvalue weighted by Gasteiger charge is -2.09. The van der Waals surface area contributed by atoms with Gasteiger partial charge < -0.3 is 10.3 Å². The fraction of sp³-hybridized carbons (Fsp3) is 0.611. The Bertz CT molecular complexity index is 441. The molecule has 1 aromatic carbocycles. The second-order valence-corrected chi connectivity index (χ2v) is 5.74. The number of phenolic OH excluding ortho intramolecular Hbond substituents is 1. The molecule has 1 aromatic rings. The predicted octanol–water partition coefficient (Wildman–Crippen LogP) is 5.41. The summed E-state index contributed by atoms with van der Waals surface area (Å²) in [6.45, 7) is 4.08. The van der Waals surface area contributed by atoms with Crippen molar-refractivity contribution in [3.8, 4) is 5.75 Å². The van der Waals surface area contributed by atoms with Crippen molar-refractivity contribution in [1.29, 1.82) is 0 Å². The first kappa shape index (κ1) is 17.5. The first-order valence-corrected chi connectivity index (χ1v) is 8.20. The van der Waals surface area contributed by atoms with Gasteiger partial charge in [-0.25, -0.2) is 0 Å². The van der Waals surface area contributed by atoms with Gasteiger partial charge in [0.25, 0.3) is 0 Å². The Hall–Kier alpha value is -1.51. The number of unbranched alkanes of at least 4 members (excludes halogenated alkanes) is 7. The molecule has 0 spiro atoms. The van der Waals surface area contributed by atoms with Crippen LogP contribution >= 0.6 is 0 Å². The van der Waals surface area contributed by atoms with E-state index in [1.54, 1.807) is 0 Å².